The minimum Gasteiger partial charge on any atom is -0.481 e. The van der Waals surface area contributed by atoms with Crippen molar-refractivity contribution in [2.45, 2.75) is 174 Å². The van der Waals surface area contributed by atoms with Crippen LogP contribution in [-0.2, 0) is 14.3 Å². The van der Waals surface area contributed by atoms with Gasteiger partial charge in [-0.25, -0.2) is 0 Å². The van der Waals surface area contributed by atoms with Crippen LogP contribution in [0.5, 0.6) is 0 Å². The summed E-state index contributed by atoms with van der Waals surface area (Å²) in [4.78, 5) is 23.0. The summed E-state index contributed by atoms with van der Waals surface area (Å²) < 4.78 is 5.73. The quantitative estimate of drug-likeness (QED) is 0.0575. The minimum atomic E-state index is -0.732. The molecule has 0 radical (unpaired) electrons. The Labute approximate surface area is 241 Å². The van der Waals surface area contributed by atoms with Gasteiger partial charge in [-0.3, -0.25) is 9.59 Å². The highest BCUT2D eigenvalue weighted by Gasteiger charge is 2.08. The minimum absolute atomic E-state index is 0.120. The van der Waals surface area contributed by atoms with Crippen molar-refractivity contribution in [2.75, 3.05) is 0 Å². The zero-order chi connectivity index (χ0) is 28.7. The molecule has 0 heterocycles. The van der Waals surface area contributed by atoms with Crippen molar-refractivity contribution in [3.8, 4) is 0 Å². The van der Waals surface area contributed by atoms with E-state index in [2.05, 4.69) is 38.2 Å². The first kappa shape index (κ1) is 37.2. The molecule has 0 bridgehead atoms. The lowest BCUT2D eigenvalue weighted by Gasteiger charge is -2.11. The summed E-state index contributed by atoms with van der Waals surface area (Å²) in [6.45, 7) is 4.39. The average molecular weight is 547 g/mol. The van der Waals surface area contributed by atoms with Crippen LogP contribution in [0.15, 0.2) is 36.5 Å². The highest BCUT2D eigenvalue weighted by molar-refractivity contribution is 5.69. The molecule has 0 spiro atoms. The summed E-state index contributed by atoms with van der Waals surface area (Å²) in [6.07, 6.45) is 39.2. The summed E-state index contributed by atoms with van der Waals surface area (Å²) in [5, 5.41) is 8.72. The molecule has 4 heteroatoms. The maximum atomic E-state index is 12.4. The van der Waals surface area contributed by atoms with E-state index in [4.69, 9.17) is 9.84 Å². The highest BCUT2D eigenvalue weighted by atomic mass is 16.5. The van der Waals surface area contributed by atoms with Crippen molar-refractivity contribution in [2.24, 2.45) is 0 Å². The molecule has 0 aromatic heterocycles. The first-order valence-corrected chi connectivity index (χ1v) is 16.5. The number of unbranched alkanes of at least 4 members (excludes halogenated alkanes) is 18. The molecule has 0 aliphatic carbocycles. The van der Waals surface area contributed by atoms with Crippen molar-refractivity contribution in [3.05, 3.63) is 36.5 Å². The summed E-state index contributed by atoms with van der Waals surface area (Å²) >= 11 is 0. The molecule has 0 aromatic carbocycles. The maximum absolute atomic E-state index is 12.4. The van der Waals surface area contributed by atoms with E-state index < -0.39 is 5.97 Å². The van der Waals surface area contributed by atoms with Gasteiger partial charge in [-0.2, -0.15) is 0 Å². The first-order valence-electron chi connectivity index (χ1n) is 16.5. The summed E-state index contributed by atoms with van der Waals surface area (Å²) in [5.41, 5.74) is 0. The molecule has 0 amide bonds. The van der Waals surface area contributed by atoms with Gasteiger partial charge in [0.05, 0.1) is 0 Å². The number of rotatable bonds is 29. The summed E-state index contributed by atoms with van der Waals surface area (Å²) in [7, 11) is 0. The molecule has 1 unspecified atom stereocenters. The predicted molar refractivity (Wildman–Crippen MR) is 167 cm³/mol. The number of esters is 1. The van der Waals surface area contributed by atoms with E-state index >= 15 is 0 Å². The van der Waals surface area contributed by atoms with Crippen molar-refractivity contribution < 1.29 is 19.4 Å². The third kappa shape index (κ3) is 30.6. The fraction of sp³-hybridized carbons (Fsp3) is 0.771. The van der Waals surface area contributed by atoms with Gasteiger partial charge in [0.2, 0.25) is 0 Å². The van der Waals surface area contributed by atoms with Gasteiger partial charge < -0.3 is 9.84 Å². The first-order chi connectivity index (χ1) is 19.1. The van der Waals surface area contributed by atoms with E-state index in [-0.39, 0.29) is 18.5 Å². The molecular formula is C35H62O4. The molecule has 226 valence electrons. The SMILES string of the molecule is CC/C=C\C/C=C\C(/C=C\CCCCCC(=O)O)OC(=O)CCCCCCCCCCCCCCCCCC. The fourth-order valence-corrected chi connectivity index (χ4v) is 4.67. The Bertz CT molecular complexity index is 635. The molecule has 0 aromatic rings. The molecule has 0 aliphatic heterocycles. The van der Waals surface area contributed by atoms with Crippen molar-refractivity contribution >= 4 is 11.9 Å². The fourth-order valence-electron chi connectivity index (χ4n) is 4.67. The Kier molecular flexibility index (Phi) is 29.2. The second kappa shape index (κ2) is 30.7. The molecule has 1 atom stereocenters. The number of hydrogen-bond acceptors (Lipinski definition) is 3. The van der Waals surface area contributed by atoms with Crippen LogP contribution in [0.4, 0.5) is 0 Å². The number of allylic oxidation sites excluding steroid dienone is 4. The zero-order valence-corrected chi connectivity index (χ0v) is 25.7. The Hall–Kier alpha value is -1.84. The maximum Gasteiger partial charge on any atom is 0.306 e. The summed E-state index contributed by atoms with van der Waals surface area (Å²) in [6, 6.07) is 0. The standard InChI is InChI=1S/C35H62O4/c1-3-5-7-9-10-11-12-13-14-15-16-17-18-19-24-28-32-35(38)39-33(29-25-21-8-6-4-2)30-26-22-20-23-27-31-34(36)37/h6,8,25-26,29-30,33H,3-5,7,9-24,27-28,31-32H2,1-2H3,(H,36,37)/b8-6-,29-25-,30-26-. The van der Waals surface area contributed by atoms with Crippen LogP contribution >= 0.6 is 0 Å². The number of carboxylic acids is 1. The van der Waals surface area contributed by atoms with Crippen LogP contribution in [0.2, 0.25) is 0 Å². The number of carbonyl (C=O) groups excluding carboxylic acids is 1. The largest absolute Gasteiger partial charge is 0.481 e. The van der Waals surface area contributed by atoms with Crippen LogP contribution in [-0.4, -0.2) is 23.1 Å². The summed E-state index contributed by atoms with van der Waals surface area (Å²) in [5.74, 6) is -0.852. The third-order valence-electron chi connectivity index (χ3n) is 7.09. The van der Waals surface area contributed by atoms with Crippen LogP contribution < -0.4 is 0 Å². The van der Waals surface area contributed by atoms with Crippen LogP contribution in [0, 0.1) is 0 Å². The molecule has 0 rings (SSSR count). The van der Waals surface area contributed by atoms with E-state index in [1.165, 1.54) is 89.9 Å². The Morgan fingerprint density at radius 2 is 1.08 bits per heavy atom. The molecule has 0 fully saturated rings. The highest BCUT2D eigenvalue weighted by Crippen LogP contribution is 2.14. The smallest absolute Gasteiger partial charge is 0.306 e. The Balaban J connectivity index is 3.92. The van der Waals surface area contributed by atoms with E-state index in [0.717, 1.165) is 44.9 Å². The van der Waals surface area contributed by atoms with Gasteiger partial charge in [0, 0.05) is 12.8 Å². The van der Waals surface area contributed by atoms with Crippen molar-refractivity contribution in [1.29, 1.82) is 0 Å². The van der Waals surface area contributed by atoms with E-state index in [0.29, 0.717) is 12.8 Å². The molecule has 0 saturated heterocycles. The Morgan fingerprint density at radius 1 is 0.590 bits per heavy atom. The molecule has 0 saturated carbocycles. The van der Waals surface area contributed by atoms with Crippen LogP contribution in [0.3, 0.4) is 0 Å². The number of ether oxygens (including phenoxy) is 1. The number of carbonyl (C=O) groups is 2. The Morgan fingerprint density at radius 3 is 1.62 bits per heavy atom. The van der Waals surface area contributed by atoms with Gasteiger partial charge in [-0.05, 0) is 50.7 Å². The molecule has 0 aliphatic rings. The topological polar surface area (TPSA) is 63.6 Å². The molecule has 39 heavy (non-hydrogen) atoms. The predicted octanol–water partition coefficient (Wildman–Crippen LogP) is 11.1. The van der Waals surface area contributed by atoms with Gasteiger partial charge in [0.15, 0.2) is 0 Å². The van der Waals surface area contributed by atoms with Crippen LogP contribution in [0.25, 0.3) is 0 Å². The number of aliphatic carboxylic acids is 1. The van der Waals surface area contributed by atoms with E-state index in [1.54, 1.807) is 0 Å². The lowest BCUT2D eigenvalue weighted by atomic mass is 10.0. The van der Waals surface area contributed by atoms with Crippen molar-refractivity contribution in [1.82, 2.24) is 0 Å². The van der Waals surface area contributed by atoms with Gasteiger partial charge >= 0.3 is 11.9 Å². The number of hydrogen-bond donors (Lipinski definition) is 1. The average Bonchev–Trinajstić information content (AvgIpc) is 2.91. The van der Waals surface area contributed by atoms with E-state index in [9.17, 15) is 9.59 Å². The number of carboxylic acid groups (broad SMARTS) is 1. The third-order valence-corrected chi connectivity index (χ3v) is 7.09. The van der Waals surface area contributed by atoms with Crippen LogP contribution in [0.1, 0.15) is 168 Å². The second-order valence-corrected chi connectivity index (χ2v) is 11.0. The van der Waals surface area contributed by atoms with Gasteiger partial charge in [-0.1, -0.05) is 141 Å². The van der Waals surface area contributed by atoms with Gasteiger partial charge in [0.1, 0.15) is 6.10 Å². The molecular weight excluding hydrogens is 484 g/mol. The van der Waals surface area contributed by atoms with Crippen molar-refractivity contribution in [3.63, 3.8) is 0 Å². The van der Waals surface area contributed by atoms with Gasteiger partial charge in [-0.15, -0.1) is 0 Å². The second-order valence-electron chi connectivity index (χ2n) is 11.0. The van der Waals surface area contributed by atoms with Gasteiger partial charge in [0.25, 0.3) is 0 Å². The van der Waals surface area contributed by atoms with E-state index in [1.807, 2.05) is 12.2 Å². The molecule has 4 nitrogen and oxygen atoms in total. The monoisotopic (exact) mass is 546 g/mol. The lowest BCUT2D eigenvalue weighted by Crippen LogP contribution is -2.13. The molecule has 1 N–H and O–H groups in total. The lowest BCUT2D eigenvalue weighted by molar-refractivity contribution is -0.145. The zero-order valence-electron chi connectivity index (χ0n) is 25.7. The normalized spacial score (nSPS) is 12.7.